The molecule has 0 amide bonds. The van der Waals surface area contributed by atoms with Gasteiger partial charge in [0.05, 0.1) is 0 Å². The smallest absolute Gasteiger partial charge is 0.0455 e. The molecule has 3 rings (SSSR count). The summed E-state index contributed by atoms with van der Waals surface area (Å²) in [4.78, 5) is 0. The summed E-state index contributed by atoms with van der Waals surface area (Å²) in [6.07, 6.45) is 1.11. The van der Waals surface area contributed by atoms with Gasteiger partial charge in [-0.05, 0) is 30.5 Å². The Morgan fingerprint density at radius 3 is 2.93 bits per heavy atom. The second-order valence-electron chi connectivity index (χ2n) is 4.42. The van der Waals surface area contributed by atoms with Gasteiger partial charge in [-0.3, -0.25) is 0 Å². The van der Waals surface area contributed by atoms with Gasteiger partial charge >= 0.3 is 0 Å². The highest BCUT2D eigenvalue weighted by atomic mass is 35.5. The molecule has 1 aliphatic heterocycles. The lowest BCUT2D eigenvalue weighted by Gasteiger charge is -2.09. The van der Waals surface area contributed by atoms with Crippen LogP contribution in [0.25, 0.3) is 0 Å². The van der Waals surface area contributed by atoms with Gasteiger partial charge < -0.3 is 11.1 Å². The first-order valence-electron chi connectivity index (χ1n) is 4.94. The monoisotopic (exact) mass is 208 g/mol. The van der Waals surface area contributed by atoms with E-state index in [1.54, 1.807) is 0 Å². The van der Waals surface area contributed by atoms with E-state index in [9.17, 15) is 0 Å². The van der Waals surface area contributed by atoms with Gasteiger partial charge in [-0.2, -0.15) is 0 Å². The van der Waals surface area contributed by atoms with Crippen molar-refractivity contribution < 1.29 is 0 Å². The van der Waals surface area contributed by atoms with Crippen molar-refractivity contribution >= 4 is 17.3 Å². The molecule has 1 aliphatic carbocycles. The molecule has 0 bridgehead atoms. The van der Waals surface area contributed by atoms with E-state index in [1.165, 1.54) is 11.3 Å². The van der Waals surface area contributed by atoms with Crippen molar-refractivity contribution in [2.45, 2.75) is 24.8 Å². The van der Waals surface area contributed by atoms with Crippen LogP contribution in [0, 0.1) is 6.92 Å². The third-order valence-corrected chi connectivity index (χ3v) is 4.06. The standard InChI is InChI=1S/C11H13ClN2/c1-6-8(12)3-2-7-10(6)14-5-11(7)4-9(11)13/h2-3,9,14H,4-5,13H2,1H3. The van der Waals surface area contributed by atoms with Crippen molar-refractivity contribution in [1.29, 1.82) is 0 Å². The van der Waals surface area contributed by atoms with Crippen LogP contribution in [0.4, 0.5) is 5.69 Å². The van der Waals surface area contributed by atoms with Crippen LogP contribution in [0.3, 0.4) is 0 Å². The lowest BCUT2D eigenvalue weighted by molar-refractivity contribution is 0.733. The number of fused-ring (bicyclic) bond motifs is 2. The topological polar surface area (TPSA) is 38.0 Å². The molecule has 0 saturated heterocycles. The second kappa shape index (κ2) is 2.44. The van der Waals surface area contributed by atoms with Crippen LogP contribution < -0.4 is 11.1 Å². The van der Waals surface area contributed by atoms with Crippen molar-refractivity contribution in [2.24, 2.45) is 5.73 Å². The number of nitrogens with two attached hydrogens (primary N) is 1. The molecule has 1 fully saturated rings. The Morgan fingerprint density at radius 1 is 1.57 bits per heavy atom. The van der Waals surface area contributed by atoms with E-state index < -0.39 is 0 Å². The zero-order chi connectivity index (χ0) is 9.92. The zero-order valence-electron chi connectivity index (χ0n) is 8.10. The minimum Gasteiger partial charge on any atom is -0.384 e. The van der Waals surface area contributed by atoms with Crippen LogP contribution in [-0.2, 0) is 5.41 Å². The molecule has 1 heterocycles. The molecular weight excluding hydrogens is 196 g/mol. The van der Waals surface area contributed by atoms with Gasteiger partial charge in [-0.1, -0.05) is 17.7 Å². The molecule has 1 aromatic rings. The maximum atomic E-state index is 6.07. The Hall–Kier alpha value is -0.730. The normalized spacial score (nSPS) is 32.9. The van der Waals surface area contributed by atoms with Crippen molar-refractivity contribution in [2.75, 3.05) is 11.9 Å². The highest BCUT2D eigenvalue weighted by Crippen LogP contribution is 2.54. The quantitative estimate of drug-likeness (QED) is 0.685. The molecule has 1 saturated carbocycles. The van der Waals surface area contributed by atoms with Crippen molar-refractivity contribution in [3.05, 3.63) is 28.3 Å². The molecule has 2 unspecified atom stereocenters. The van der Waals surface area contributed by atoms with E-state index in [1.807, 2.05) is 6.07 Å². The van der Waals surface area contributed by atoms with E-state index in [-0.39, 0.29) is 5.41 Å². The lowest BCUT2D eigenvalue weighted by atomic mass is 9.96. The lowest BCUT2D eigenvalue weighted by Crippen LogP contribution is -2.20. The van der Waals surface area contributed by atoms with Crippen molar-refractivity contribution in [3.8, 4) is 0 Å². The fourth-order valence-corrected chi connectivity index (χ4v) is 2.67. The van der Waals surface area contributed by atoms with Crippen LogP contribution in [0.1, 0.15) is 17.5 Å². The third kappa shape index (κ3) is 0.856. The molecule has 1 aromatic carbocycles. The summed E-state index contributed by atoms with van der Waals surface area (Å²) >= 11 is 6.07. The fraction of sp³-hybridized carbons (Fsp3) is 0.455. The minimum absolute atomic E-state index is 0.227. The average Bonchev–Trinajstić information content (AvgIpc) is 2.65. The Morgan fingerprint density at radius 2 is 2.29 bits per heavy atom. The summed E-state index contributed by atoms with van der Waals surface area (Å²) in [5.74, 6) is 0. The van der Waals surface area contributed by atoms with E-state index in [0.717, 1.165) is 23.6 Å². The van der Waals surface area contributed by atoms with Crippen LogP contribution in [0.2, 0.25) is 5.02 Å². The van der Waals surface area contributed by atoms with E-state index in [2.05, 4.69) is 18.3 Å². The number of rotatable bonds is 0. The highest BCUT2D eigenvalue weighted by molar-refractivity contribution is 6.31. The summed E-state index contributed by atoms with van der Waals surface area (Å²) < 4.78 is 0. The van der Waals surface area contributed by atoms with Gasteiger partial charge in [0.2, 0.25) is 0 Å². The predicted molar refractivity (Wildman–Crippen MR) is 58.9 cm³/mol. The SMILES string of the molecule is Cc1c(Cl)ccc2c1NCC21CC1N. The summed E-state index contributed by atoms with van der Waals surface area (Å²) in [6, 6.07) is 4.43. The van der Waals surface area contributed by atoms with Crippen molar-refractivity contribution in [1.82, 2.24) is 0 Å². The van der Waals surface area contributed by atoms with Gasteiger partial charge in [0.15, 0.2) is 0 Å². The Kier molecular flexibility index (Phi) is 1.49. The van der Waals surface area contributed by atoms with Gasteiger partial charge in [-0.25, -0.2) is 0 Å². The van der Waals surface area contributed by atoms with E-state index in [0.29, 0.717) is 6.04 Å². The average molecular weight is 209 g/mol. The number of nitrogens with one attached hydrogen (secondary N) is 1. The van der Waals surface area contributed by atoms with E-state index in [4.69, 9.17) is 17.3 Å². The zero-order valence-corrected chi connectivity index (χ0v) is 8.86. The first-order chi connectivity index (χ1) is 6.65. The number of benzene rings is 1. The van der Waals surface area contributed by atoms with Crippen molar-refractivity contribution in [3.63, 3.8) is 0 Å². The maximum Gasteiger partial charge on any atom is 0.0455 e. The number of anilines is 1. The van der Waals surface area contributed by atoms with Crippen LogP contribution in [0.15, 0.2) is 12.1 Å². The molecule has 2 aliphatic rings. The Bertz CT molecular complexity index is 416. The molecule has 1 spiro atoms. The van der Waals surface area contributed by atoms with Crippen LogP contribution in [-0.4, -0.2) is 12.6 Å². The van der Waals surface area contributed by atoms with Crippen LogP contribution in [0.5, 0.6) is 0 Å². The van der Waals surface area contributed by atoms with Gasteiger partial charge in [0.1, 0.15) is 0 Å². The maximum absolute atomic E-state index is 6.07. The first kappa shape index (κ1) is 8.57. The molecule has 3 N–H and O–H groups in total. The highest BCUT2D eigenvalue weighted by Gasteiger charge is 2.56. The summed E-state index contributed by atoms with van der Waals surface area (Å²) in [7, 11) is 0. The Labute approximate surface area is 88.4 Å². The Balaban J connectivity index is 2.19. The first-order valence-corrected chi connectivity index (χ1v) is 5.32. The van der Waals surface area contributed by atoms with Gasteiger partial charge in [0, 0.05) is 28.7 Å². The molecule has 2 nitrogen and oxygen atoms in total. The largest absolute Gasteiger partial charge is 0.384 e. The van der Waals surface area contributed by atoms with Gasteiger partial charge in [-0.15, -0.1) is 0 Å². The molecule has 2 atom stereocenters. The molecule has 0 radical (unpaired) electrons. The summed E-state index contributed by atoms with van der Waals surface area (Å²) in [5.41, 5.74) is 9.95. The number of hydrogen-bond donors (Lipinski definition) is 2. The molecule has 14 heavy (non-hydrogen) atoms. The minimum atomic E-state index is 0.227. The summed E-state index contributed by atoms with van der Waals surface area (Å²) in [5, 5.41) is 4.26. The molecule has 3 heteroatoms. The molecular formula is C11H13ClN2. The van der Waals surface area contributed by atoms with Gasteiger partial charge in [0.25, 0.3) is 0 Å². The van der Waals surface area contributed by atoms with Crippen LogP contribution >= 0.6 is 11.6 Å². The second-order valence-corrected chi connectivity index (χ2v) is 4.82. The predicted octanol–water partition coefficient (Wildman–Crippen LogP) is 2.04. The van der Waals surface area contributed by atoms with E-state index >= 15 is 0 Å². The fourth-order valence-electron chi connectivity index (χ4n) is 2.52. The molecule has 74 valence electrons. The summed E-state index contributed by atoms with van der Waals surface area (Å²) in [6.45, 7) is 3.03. The number of halogens is 1. The number of hydrogen-bond acceptors (Lipinski definition) is 2. The molecule has 0 aromatic heterocycles. The third-order valence-electron chi connectivity index (χ3n) is 3.65.